The first-order chi connectivity index (χ1) is 8.01. The maximum atomic E-state index is 11.3. The van der Waals surface area contributed by atoms with Gasteiger partial charge in [0, 0.05) is 14.6 Å². The summed E-state index contributed by atoms with van der Waals surface area (Å²) in [6, 6.07) is 8.07. The highest BCUT2D eigenvalue weighted by Crippen LogP contribution is 2.40. The summed E-state index contributed by atoms with van der Waals surface area (Å²) in [6.07, 6.45) is 2.28. The molecule has 0 spiro atoms. The van der Waals surface area contributed by atoms with Crippen LogP contribution in [0, 0.1) is 0 Å². The molecule has 17 heavy (non-hydrogen) atoms. The van der Waals surface area contributed by atoms with Gasteiger partial charge in [-0.15, -0.1) is 11.8 Å². The number of hydrogen-bond donors (Lipinski definition) is 2. The van der Waals surface area contributed by atoms with E-state index in [1.165, 1.54) is 4.90 Å². The lowest BCUT2D eigenvalue weighted by Crippen LogP contribution is -2.50. The van der Waals surface area contributed by atoms with Crippen LogP contribution in [0.1, 0.15) is 19.3 Å². The molecule has 1 aromatic rings. The second-order valence-corrected chi connectivity index (χ2v) is 6.63. The quantitative estimate of drug-likeness (QED) is 0.899. The van der Waals surface area contributed by atoms with Gasteiger partial charge in [0.25, 0.3) is 0 Å². The Morgan fingerprint density at radius 3 is 2.76 bits per heavy atom. The molecule has 1 saturated carbocycles. The third-order valence-corrected chi connectivity index (χ3v) is 5.42. The van der Waals surface area contributed by atoms with E-state index in [-0.39, 0.29) is 5.91 Å². The summed E-state index contributed by atoms with van der Waals surface area (Å²) < 4.78 is 1.08. The van der Waals surface area contributed by atoms with Crippen molar-refractivity contribution in [1.82, 2.24) is 0 Å². The molecule has 2 atom stereocenters. The Balaban J connectivity index is 2.04. The highest BCUT2D eigenvalue weighted by molar-refractivity contribution is 9.10. The highest BCUT2D eigenvalue weighted by atomic mass is 79.9. The normalized spacial score (nSPS) is 28.2. The molecule has 0 aromatic heterocycles. The molecule has 0 aliphatic heterocycles. The highest BCUT2D eigenvalue weighted by Gasteiger charge is 2.40. The van der Waals surface area contributed by atoms with Crippen LogP contribution in [0.4, 0.5) is 0 Å². The minimum Gasteiger partial charge on any atom is -0.368 e. The minimum absolute atomic E-state index is 0.367. The topological polar surface area (TPSA) is 69.1 Å². The zero-order valence-corrected chi connectivity index (χ0v) is 11.8. The van der Waals surface area contributed by atoms with Crippen LogP contribution in [0.2, 0.25) is 0 Å². The van der Waals surface area contributed by atoms with Crippen LogP contribution in [0.25, 0.3) is 0 Å². The Morgan fingerprint density at radius 2 is 2.18 bits per heavy atom. The van der Waals surface area contributed by atoms with Crippen LogP contribution < -0.4 is 11.5 Å². The third kappa shape index (κ3) is 2.84. The number of nitrogens with two attached hydrogens (primary N) is 2. The van der Waals surface area contributed by atoms with Gasteiger partial charge in [0.1, 0.15) is 0 Å². The minimum atomic E-state index is -0.807. The molecule has 0 bridgehead atoms. The average Bonchev–Trinajstić information content (AvgIpc) is 2.65. The zero-order valence-electron chi connectivity index (χ0n) is 9.36. The lowest BCUT2D eigenvalue weighted by atomic mass is 9.99. The maximum absolute atomic E-state index is 11.3. The molecule has 1 amide bonds. The third-order valence-electron chi connectivity index (χ3n) is 3.13. The fraction of sp³-hybridized carbons (Fsp3) is 0.417. The SMILES string of the molecule is NC(=O)C1(N)CCC(Sc2ccccc2Br)C1. The van der Waals surface area contributed by atoms with Crippen LogP contribution in [-0.2, 0) is 4.79 Å². The molecule has 92 valence electrons. The van der Waals surface area contributed by atoms with Gasteiger partial charge in [-0.1, -0.05) is 12.1 Å². The predicted molar refractivity (Wildman–Crippen MR) is 73.8 cm³/mol. The molecular formula is C12H15BrN2OS. The number of benzene rings is 1. The Hall–Kier alpha value is -0.520. The summed E-state index contributed by atoms with van der Waals surface area (Å²) in [4.78, 5) is 12.5. The summed E-state index contributed by atoms with van der Waals surface area (Å²) in [5.41, 5.74) is 10.5. The number of hydrogen-bond acceptors (Lipinski definition) is 3. The van der Waals surface area contributed by atoms with Gasteiger partial charge in [-0.05, 0) is 47.3 Å². The molecule has 1 aliphatic carbocycles. The number of amides is 1. The van der Waals surface area contributed by atoms with Crippen molar-refractivity contribution in [3.63, 3.8) is 0 Å². The van der Waals surface area contributed by atoms with Gasteiger partial charge in [-0.25, -0.2) is 0 Å². The van der Waals surface area contributed by atoms with Crippen molar-refractivity contribution in [2.75, 3.05) is 0 Å². The lowest BCUT2D eigenvalue weighted by molar-refractivity contribution is -0.122. The van der Waals surface area contributed by atoms with E-state index in [9.17, 15) is 4.79 Å². The van der Waals surface area contributed by atoms with Gasteiger partial charge in [0.05, 0.1) is 5.54 Å². The molecule has 4 N–H and O–H groups in total. The van der Waals surface area contributed by atoms with Crippen LogP contribution >= 0.6 is 27.7 Å². The summed E-state index contributed by atoms with van der Waals surface area (Å²) in [5, 5.41) is 0.367. The van der Waals surface area contributed by atoms with E-state index in [1.807, 2.05) is 18.2 Å². The van der Waals surface area contributed by atoms with E-state index in [4.69, 9.17) is 11.5 Å². The molecular weight excluding hydrogens is 300 g/mol. The first kappa shape index (κ1) is 12.9. The predicted octanol–water partition coefficient (Wildman–Crippen LogP) is 2.28. The number of halogens is 1. The van der Waals surface area contributed by atoms with Crippen molar-refractivity contribution in [3.05, 3.63) is 28.7 Å². The van der Waals surface area contributed by atoms with Crippen LogP contribution in [-0.4, -0.2) is 16.7 Å². The number of thioether (sulfide) groups is 1. The first-order valence-corrected chi connectivity index (χ1v) is 7.18. The summed E-state index contributed by atoms with van der Waals surface area (Å²) in [5.74, 6) is -0.382. The van der Waals surface area contributed by atoms with Crippen molar-refractivity contribution in [1.29, 1.82) is 0 Å². The maximum Gasteiger partial charge on any atom is 0.237 e. The average molecular weight is 315 g/mol. The smallest absolute Gasteiger partial charge is 0.237 e. The van der Waals surface area contributed by atoms with E-state index in [2.05, 4.69) is 22.0 Å². The Kier molecular flexibility index (Phi) is 3.80. The van der Waals surface area contributed by atoms with Crippen LogP contribution in [0.5, 0.6) is 0 Å². The summed E-state index contributed by atoms with van der Waals surface area (Å²) >= 11 is 5.28. The Bertz CT molecular complexity index is 440. The molecule has 3 nitrogen and oxygen atoms in total. The van der Waals surface area contributed by atoms with Gasteiger partial charge in [0.15, 0.2) is 0 Å². The van der Waals surface area contributed by atoms with E-state index >= 15 is 0 Å². The van der Waals surface area contributed by atoms with Crippen molar-refractivity contribution >= 4 is 33.6 Å². The van der Waals surface area contributed by atoms with Crippen molar-refractivity contribution in [3.8, 4) is 0 Å². The second kappa shape index (κ2) is 5.00. The molecule has 1 fully saturated rings. The molecule has 5 heteroatoms. The van der Waals surface area contributed by atoms with E-state index in [0.717, 1.165) is 10.9 Å². The fourth-order valence-electron chi connectivity index (χ4n) is 2.07. The van der Waals surface area contributed by atoms with Crippen molar-refractivity contribution < 1.29 is 4.79 Å². The summed E-state index contributed by atoms with van der Waals surface area (Å²) in [6.45, 7) is 0. The summed E-state index contributed by atoms with van der Waals surface area (Å²) in [7, 11) is 0. The lowest BCUT2D eigenvalue weighted by Gasteiger charge is -2.19. The van der Waals surface area contributed by atoms with Gasteiger partial charge in [-0.3, -0.25) is 4.79 Å². The second-order valence-electron chi connectivity index (χ2n) is 4.43. The van der Waals surface area contributed by atoms with E-state index < -0.39 is 5.54 Å². The molecule has 0 heterocycles. The zero-order chi connectivity index (χ0) is 12.5. The monoisotopic (exact) mass is 314 g/mol. The fourth-order valence-corrected chi connectivity index (χ4v) is 3.95. The first-order valence-electron chi connectivity index (χ1n) is 5.51. The van der Waals surface area contributed by atoms with Crippen LogP contribution in [0.3, 0.4) is 0 Å². The Morgan fingerprint density at radius 1 is 1.47 bits per heavy atom. The molecule has 0 saturated heterocycles. The number of rotatable bonds is 3. The van der Waals surface area contributed by atoms with Crippen molar-refractivity contribution in [2.45, 2.75) is 34.9 Å². The molecule has 2 unspecified atom stereocenters. The van der Waals surface area contributed by atoms with Gasteiger partial charge >= 0.3 is 0 Å². The van der Waals surface area contributed by atoms with E-state index in [1.54, 1.807) is 11.8 Å². The Labute approximate surface area is 113 Å². The van der Waals surface area contributed by atoms with Crippen molar-refractivity contribution in [2.24, 2.45) is 11.5 Å². The van der Waals surface area contributed by atoms with Gasteiger partial charge in [-0.2, -0.15) is 0 Å². The number of carbonyl (C=O) groups excluding carboxylic acids is 1. The number of primary amides is 1. The van der Waals surface area contributed by atoms with E-state index in [0.29, 0.717) is 18.1 Å². The molecule has 0 radical (unpaired) electrons. The molecule has 1 aliphatic rings. The largest absolute Gasteiger partial charge is 0.368 e. The molecule has 1 aromatic carbocycles. The molecule has 2 rings (SSSR count). The number of carbonyl (C=O) groups is 1. The van der Waals surface area contributed by atoms with Gasteiger partial charge in [0.2, 0.25) is 5.91 Å². The van der Waals surface area contributed by atoms with Gasteiger partial charge < -0.3 is 11.5 Å². The standard InChI is InChI=1S/C12H15BrN2OS/c13-9-3-1-2-4-10(9)17-8-5-6-12(15,7-8)11(14)16/h1-4,8H,5-7,15H2,(H2,14,16). The van der Waals surface area contributed by atoms with Crippen LogP contribution in [0.15, 0.2) is 33.6 Å².